The maximum Gasteiger partial charge on any atom is 0.185 e. The van der Waals surface area contributed by atoms with Crippen molar-refractivity contribution in [2.45, 2.75) is 6.92 Å². The number of ether oxygens (including phenoxy) is 2. The summed E-state index contributed by atoms with van der Waals surface area (Å²) in [4.78, 5) is 14.6. The fourth-order valence-corrected chi connectivity index (χ4v) is 2.77. The molecule has 0 aliphatic carbocycles. The number of morpholine rings is 1. The van der Waals surface area contributed by atoms with Crippen LogP contribution >= 0.6 is 0 Å². The van der Waals surface area contributed by atoms with Crippen molar-refractivity contribution < 1.29 is 14.3 Å². The van der Waals surface area contributed by atoms with E-state index in [4.69, 9.17) is 9.47 Å². The molecule has 4 nitrogen and oxygen atoms in total. The molecule has 1 heterocycles. The van der Waals surface area contributed by atoms with Crippen molar-refractivity contribution in [2.75, 3.05) is 37.8 Å². The lowest BCUT2D eigenvalue weighted by Crippen LogP contribution is -2.36. The second kappa shape index (κ2) is 8.49. The van der Waals surface area contributed by atoms with Crippen LogP contribution < -0.4 is 9.64 Å². The van der Waals surface area contributed by atoms with Crippen LogP contribution in [0.25, 0.3) is 6.08 Å². The summed E-state index contributed by atoms with van der Waals surface area (Å²) in [6.07, 6.45) is 3.44. The highest BCUT2D eigenvalue weighted by Crippen LogP contribution is 2.18. The van der Waals surface area contributed by atoms with Gasteiger partial charge in [-0.15, -0.1) is 0 Å². The average molecular weight is 337 g/mol. The molecule has 0 amide bonds. The first-order valence-corrected chi connectivity index (χ1v) is 8.64. The van der Waals surface area contributed by atoms with Crippen molar-refractivity contribution in [2.24, 2.45) is 0 Å². The second-order valence-electron chi connectivity index (χ2n) is 5.85. The smallest absolute Gasteiger partial charge is 0.185 e. The molecule has 0 aromatic heterocycles. The zero-order valence-corrected chi connectivity index (χ0v) is 14.5. The first-order chi connectivity index (χ1) is 12.3. The van der Waals surface area contributed by atoms with E-state index in [1.807, 2.05) is 61.5 Å². The number of benzene rings is 2. The van der Waals surface area contributed by atoms with Crippen LogP contribution in [0.4, 0.5) is 5.69 Å². The molecule has 0 spiro atoms. The van der Waals surface area contributed by atoms with Crippen molar-refractivity contribution in [1.82, 2.24) is 0 Å². The quantitative estimate of drug-likeness (QED) is 0.593. The van der Waals surface area contributed by atoms with Crippen molar-refractivity contribution >= 4 is 17.5 Å². The van der Waals surface area contributed by atoms with E-state index >= 15 is 0 Å². The molecule has 0 bridgehead atoms. The van der Waals surface area contributed by atoms with Gasteiger partial charge >= 0.3 is 0 Å². The van der Waals surface area contributed by atoms with Crippen LogP contribution in [0.3, 0.4) is 0 Å². The fourth-order valence-electron chi connectivity index (χ4n) is 2.77. The molecule has 4 heteroatoms. The predicted octanol–water partition coefficient (Wildman–Crippen LogP) is 3.82. The minimum atomic E-state index is 0.00223. The summed E-state index contributed by atoms with van der Waals surface area (Å²) in [7, 11) is 0. The Bertz CT molecular complexity index is 714. The third-order valence-corrected chi connectivity index (χ3v) is 4.15. The van der Waals surface area contributed by atoms with Crippen molar-refractivity contribution in [3.63, 3.8) is 0 Å². The van der Waals surface area contributed by atoms with E-state index < -0.39 is 0 Å². The molecule has 3 rings (SSSR count). The Labute approximate surface area is 148 Å². The zero-order valence-electron chi connectivity index (χ0n) is 14.5. The van der Waals surface area contributed by atoms with Crippen LogP contribution in [0.1, 0.15) is 22.8 Å². The van der Waals surface area contributed by atoms with Crippen molar-refractivity contribution in [3.8, 4) is 5.75 Å². The maximum atomic E-state index is 12.3. The summed E-state index contributed by atoms with van der Waals surface area (Å²) >= 11 is 0. The third-order valence-electron chi connectivity index (χ3n) is 4.15. The highest BCUT2D eigenvalue weighted by molar-refractivity contribution is 6.07. The molecule has 1 saturated heterocycles. The van der Waals surface area contributed by atoms with Gasteiger partial charge in [0.15, 0.2) is 5.78 Å². The first kappa shape index (κ1) is 17.2. The molecule has 0 atom stereocenters. The first-order valence-electron chi connectivity index (χ1n) is 8.64. The van der Waals surface area contributed by atoms with E-state index in [9.17, 15) is 4.79 Å². The summed E-state index contributed by atoms with van der Waals surface area (Å²) in [5.41, 5.74) is 2.80. The molecule has 0 radical (unpaired) electrons. The number of allylic oxidation sites excluding steroid dienone is 1. The molecule has 25 heavy (non-hydrogen) atoms. The van der Waals surface area contributed by atoms with Gasteiger partial charge < -0.3 is 14.4 Å². The summed E-state index contributed by atoms with van der Waals surface area (Å²) in [6.45, 7) is 5.90. The van der Waals surface area contributed by atoms with Gasteiger partial charge in [-0.3, -0.25) is 4.79 Å². The van der Waals surface area contributed by atoms with Gasteiger partial charge in [-0.1, -0.05) is 18.2 Å². The van der Waals surface area contributed by atoms with Gasteiger partial charge in [0.1, 0.15) is 5.75 Å². The van der Waals surface area contributed by atoms with Crippen molar-refractivity contribution in [1.29, 1.82) is 0 Å². The molecule has 0 saturated carbocycles. The number of nitrogens with zero attached hydrogens (tertiary/aromatic N) is 1. The Morgan fingerprint density at radius 2 is 1.76 bits per heavy atom. The molecule has 130 valence electrons. The van der Waals surface area contributed by atoms with Gasteiger partial charge in [0.05, 0.1) is 19.8 Å². The molecule has 1 fully saturated rings. The van der Waals surface area contributed by atoms with Gasteiger partial charge in [-0.2, -0.15) is 0 Å². The molecule has 0 N–H and O–H groups in total. The van der Waals surface area contributed by atoms with E-state index in [-0.39, 0.29) is 5.78 Å². The number of rotatable bonds is 6. The van der Waals surface area contributed by atoms with Crippen LogP contribution in [0.2, 0.25) is 0 Å². The minimum absolute atomic E-state index is 0.00223. The highest BCUT2D eigenvalue weighted by Gasteiger charge is 2.11. The van der Waals surface area contributed by atoms with Crippen LogP contribution in [-0.4, -0.2) is 38.7 Å². The summed E-state index contributed by atoms with van der Waals surface area (Å²) in [5, 5.41) is 0. The van der Waals surface area contributed by atoms with Crippen molar-refractivity contribution in [3.05, 3.63) is 65.7 Å². The number of carbonyl (C=O) groups excluding carboxylic acids is 1. The predicted molar refractivity (Wildman–Crippen MR) is 100 cm³/mol. The monoisotopic (exact) mass is 337 g/mol. The van der Waals surface area contributed by atoms with Crippen LogP contribution in [0.5, 0.6) is 5.75 Å². The zero-order chi connectivity index (χ0) is 17.5. The second-order valence-corrected chi connectivity index (χ2v) is 5.85. The lowest BCUT2D eigenvalue weighted by Gasteiger charge is -2.28. The third kappa shape index (κ3) is 4.70. The largest absolute Gasteiger partial charge is 0.494 e. The van der Waals surface area contributed by atoms with Gasteiger partial charge in [-0.05, 0) is 55.0 Å². The highest BCUT2D eigenvalue weighted by atomic mass is 16.5. The van der Waals surface area contributed by atoms with E-state index in [2.05, 4.69) is 4.90 Å². The molecule has 1 aliphatic heterocycles. The SMILES string of the molecule is CCOc1ccc(/C=C/C(=O)c2ccc(N3CCOCC3)cc2)cc1. The van der Waals surface area contributed by atoms with E-state index in [1.165, 1.54) is 0 Å². The van der Waals surface area contributed by atoms with E-state index in [0.717, 1.165) is 43.3 Å². The van der Waals surface area contributed by atoms with E-state index in [1.54, 1.807) is 6.08 Å². The average Bonchev–Trinajstić information content (AvgIpc) is 2.68. The number of hydrogen-bond acceptors (Lipinski definition) is 4. The van der Waals surface area contributed by atoms with Crippen LogP contribution in [-0.2, 0) is 4.74 Å². The molecule has 0 unspecified atom stereocenters. The summed E-state index contributed by atoms with van der Waals surface area (Å²) in [6, 6.07) is 15.5. The maximum absolute atomic E-state index is 12.3. The molecule has 2 aromatic rings. The van der Waals surface area contributed by atoms with Crippen LogP contribution in [0, 0.1) is 0 Å². The molecule has 1 aliphatic rings. The van der Waals surface area contributed by atoms with Crippen LogP contribution in [0.15, 0.2) is 54.6 Å². The minimum Gasteiger partial charge on any atom is -0.494 e. The van der Waals surface area contributed by atoms with Gasteiger partial charge in [0.25, 0.3) is 0 Å². The van der Waals surface area contributed by atoms with Gasteiger partial charge in [-0.25, -0.2) is 0 Å². The Kier molecular flexibility index (Phi) is 5.86. The Morgan fingerprint density at radius 1 is 1.08 bits per heavy atom. The number of ketones is 1. The molecular formula is C21H23NO3. The Balaban J connectivity index is 1.62. The topological polar surface area (TPSA) is 38.8 Å². The number of hydrogen-bond donors (Lipinski definition) is 0. The summed E-state index contributed by atoms with van der Waals surface area (Å²) in [5.74, 6) is 0.840. The Hall–Kier alpha value is -2.59. The van der Waals surface area contributed by atoms with Gasteiger partial charge in [0, 0.05) is 24.3 Å². The Morgan fingerprint density at radius 3 is 2.40 bits per heavy atom. The lowest BCUT2D eigenvalue weighted by atomic mass is 10.1. The standard InChI is InChI=1S/C21H23NO3/c1-2-25-20-10-3-17(4-11-20)5-12-21(23)18-6-8-19(9-7-18)22-13-15-24-16-14-22/h3-12H,2,13-16H2,1H3/b12-5+. The van der Waals surface area contributed by atoms with Gasteiger partial charge in [0.2, 0.25) is 0 Å². The molecule has 2 aromatic carbocycles. The van der Waals surface area contributed by atoms with E-state index in [0.29, 0.717) is 12.2 Å². The lowest BCUT2D eigenvalue weighted by molar-refractivity contribution is 0.104. The normalized spacial score (nSPS) is 14.7. The molecular weight excluding hydrogens is 314 g/mol. The fraction of sp³-hybridized carbons (Fsp3) is 0.286. The number of anilines is 1. The number of carbonyl (C=O) groups is 1. The summed E-state index contributed by atoms with van der Waals surface area (Å²) < 4.78 is 10.8.